The van der Waals surface area contributed by atoms with E-state index >= 15 is 0 Å². The highest BCUT2D eigenvalue weighted by molar-refractivity contribution is 6.42. The molecular formula is C12H13Cl2NO5. The van der Waals surface area contributed by atoms with Gasteiger partial charge in [0.05, 0.1) is 29.7 Å². The van der Waals surface area contributed by atoms with Gasteiger partial charge in [-0.25, -0.2) is 4.79 Å². The van der Waals surface area contributed by atoms with Crippen LogP contribution in [0.25, 0.3) is 0 Å². The third kappa shape index (κ3) is 5.24. The third-order valence-corrected chi connectivity index (χ3v) is 3.04. The highest BCUT2D eigenvalue weighted by Crippen LogP contribution is 2.26. The summed E-state index contributed by atoms with van der Waals surface area (Å²) in [6, 6.07) is 3.36. The smallest absolute Gasteiger partial charge is 0.328 e. The highest BCUT2D eigenvalue weighted by Gasteiger charge is 2.18. The molecule has 1 atom stereocenters. The van der Waals surface area contributed by atoms with E-state index in [0.717, 1.165) is 0 Å². The number of carbonyl (C=O) groups excluding carboxylic acids is 1. The predicted molar refractivity (Wildman–Crippen MR) is 73.2 cm³/mol. The van der Waals surface area contributed by atoms with Crippen molar-refractivity contribution >= 4 is 35.1 Å². The van der Waals surface area contributed by atoms with E-state index in [1.54, 1.807) is 12.1 Å². The molecule has 0 heterocycles. The Morgan fingerprint density at radius 1 is 1.30 bits per heavy atom. The number of aliphatic carboxylic acids is 1. The number of carboxylic acid groups (broad SMARTS) is 1. The number of benzene rings is 1. The second kappa shape index (κ2) is 7.94. The molecule has 0 aliphatic carbocycles. The van der Waals surface area contributed by atoms with Crippen LogP contribution in [0.3, 0.4) is 0 Å². The van der Waals surface area contributed by atoms with Crippen LogP contribution < -0.4 is 10.1 Å². The Morgan fingerprint density at radius 2 is 2.00 bits per heavy atom. The molecule has 0 radical (unpaired) electrons. The quantitative estimate of drug-likeness (QED) is 0.704. The van der Waals surface area contributed by atoms with Crippen molar-refractivity contribution in [3.63, 3.8) is 0 Å². The molecule has 1 rings (SSSR count). The molecule has 0 bridgehead atoms. The largest absolute Gasteiger partial charge is 0.493 e. The van der Waals surface area contributed by atoms with E-state index in [0.29, 0.717) is 15.8 Å². The SMILES string of the molecule is O=C(CCOc1ccc(Cl)c(Cl)c1)N[C@@H](CO)C(=O)O. The molecule has 0 fully saturated rings. The fourth-order valence-corrected chi connectivity index (χ4v) is 1.57. The molecule has 0 unspecified atom stereocenters. The van der Waals surface area contributed by atoms with Crippen LogP contribution >= 0.6 is 23.2 Å². The lowest BCUT2D eigenvalue weighted by Gasteiger charge is -2.12. The number of rotatable bonds is 7. The van der Waals surface area contributed by atoms with Gasteiger partial charge in [0.25, 0.3) is 0 Å². The molecule has 0 aromatic heterocycles. The molecule has 0 saturated carbocycles. The van der Waals surface area contributed by atoms with E-state index in [1.165, 1.54) is 6.07 Å². The molecule has 6 nitrogen and oxygen atoms in total. The number of hydrogen-bond donors (Lipinski definition) is 3. The van der Waals surface area contributed by atoms with Gasteiger partial charge in [-0.2, -0.15) is 0 Å². The predicted octanol–water partition coefficient (Wildman–Crippen LogP) is 1.32. The van der Waals surface area contributed by atoms with Crippen LogP contribution in [0, 0.1) is 0 Å². The van der Waals surface area contributed by atoms with Gasteiger partial charge < -0.3 is 20.3 Å². The Bertz CT molecular complexity index is 495. The summed E-state index contributed by atoms with van der Waals surface area (Å²) in [5.41, 5.74) is 0. The van der Waals surface area contributed by atoms with Crippen LogP contribution in [-0.2, 0) is 9.59 Å². The number of carbonyl (C=O) groups is 2. The van der Waals surface area contributed by atoms with Crippen molar-refractivity contribution < 1.29 is 24.5 Å². The first-order valence-electron chi connectivity index (χ1n) is 5.65. The van der Waals surface area contributed by atoms with Crippen LogP contribution in [0.1, 0.15) is 6.42 Å². The topological polar surface area (TPSA) is 95.9 Å². The average molecular weight is 322 g/mol. The van der Waals surface area contributed by atoms with Crippen molar-refractivity contribution in [2.45, 2.75) is 12.5 Å². The molecule has 1 amide bonds. The van der Waals surface area contributed by atoms with Crippen molar-refractivity contribution in [3.8, 4) is 5.75 Å². The molecule has 0 spiro atoms. The number of nitrogens with one attached hydrogen (secondary N) is 1. The highest BCUT2D eigenvalue weighted by atomic mass is 35.5. The first kappa shape index (κ1) is 16.6. The first-order chi connectivity index (χ1) is 9.43. The normalized spacial score (nSPS) is 11.8. The van der Waals surface area contributed by atoms with E-state index in [-0.39, 0.29) is 13.0 Å². The lowest BCUT2D eigenvalue weighted by molar-refractivity contribution is -0.143. The molecule has 8 heteroatoms. The molecular weight excluding hydrogens is 309 g/mol. The Morgan fingerprint density at radius 3 is 2.55 bits per heavy atom. The van der Waals surface area contributed by atoms with Crippen molar-refractivity contribution in [1.29, 1.82) is 0 Å². The minimum absolute atomic E-state index is 0.0432. The second-order valence-corrected chi connectivity index (χ2v) is 4.63. The molecule has 0 aliphatic heterocycles. The van der Waals surface area contributed by atoms with Crippen LogP contribution in [0.5, 0.6) is 5.75 Å². The zero-order valence-corrected chi connectivity index (χ0v) is 11.8. The van der Waals surface area contributed by atoms with Gasteiger partial charge >= 0.3 is 5.97 Å². The maximum absolute atomic E-state index is 11.4. The van der Waals surface area contributed by atoms with Crippen molar-refractivity contribution in [3.05, 3.63) is 28.2 Å². The summed E-state index contributed by atoms with van der Waals surface area (Å²) in [7, 11) is 0. The number of aliphatic hydroxyl groups is 1. The van der Waals surface area contributed by atoms with Gasteiger partial charge in [0, 0.05) is 6.07 Å². The average Bonchev–Trinajstić information content (AvgIpc) is 2.39. The molecule has 1 aromatic rings. The summed E-state index contributed by atoms with van der Waals surface area (Å²) in [5, 5.41) is 20.3. The number of hydrogen-bond acceptors (Lipinski definition) is 4. The fourth-order valence-electron chi connectivity index (χ4n) is 1.28. The molecule has 1 aromatic carbocycles. The summed E-state index contributed by atoms with van der Waals surface area (Å²) in [4.78, 5) is 22.0. The van der Waals surface area contributed by atoms with Crippen molar-refractivity contribution in [1.82, 2.24) is 5.32 Å². The maximum atomic E-state index is 11.4. The first-order valence-corrected chi connectivity index (χ1v) is 6.40. The Hall–Kier alpha value is -1.50. The molecule has 20 heavy (non-hydrogen) atoms. The Kier molecular flexibility index (Phi) is 6.57. The van der Waals surface area contributed by atoms with Crippen LogP contribution in [0.2, 0.25) is 10.0 Å². The number of amides is 1. The number of aliphatic hydroxyl groups excluding tert-OH is 1. The summed E-state index contributed by atoms with van der Waals surface area (Å²) in [5.74, 6) is -1.39. The summed E-state index contributed by atoms with van der Waals surface area (Å²) >= 11 is 11.5. The van der Waals surface area contributed by atoms with Crippen LogP contribution in [0.15, 0.2) is 18.2 Å². The maximum Gasteiger partial charge on any atom is 0.328 e. The van der Waals surface area contributed by atoms with Gasteiger partial charge in [-0.1, -0.05) is 23.2 Å². The monoisotopic (exact) mass is 321 g/mol. The van der Waals surface area contributed by atoms with E-state index < -0.39 is 24.5 Å². The summed E-state index contributed by atoms with van der Waals surface area (Å²) < 4.78 is 5.27. The molecule has 0 aliphatic rings. The molecule has 3 N–H and O–H groups in total. The number of carboxylic acids is 1. The number of ether oxygens (including phenoxy) is 1. The Balaban J connectivity index is 2.38. The van der Waals surface area contributed by atoms with Crippen molar-refractivity contribution in [2.75, 3.05) is 13.2 Å². The zero-order valence-electron chi connectivity index (χ0n) is 10.3. The number of halogens is 2. The lowest BCUT2D eigenvalue weighted by Crippen LogP contribution is -2.43. The van der Waals surface area contributed by atoms with E-state index in [9.17, 15) is 9.59 Å². The lowest BCUT2D eigenvalue weighted by atomic mass is 10.3. The van der Waals surface area contributed by atoms with Crippen molar-refractivity contribution in [2.24, 2.45) is 0 Å². The Labute approximate surface area is 125 Å². The minimum atomic E-state index is -1.31. The molecule has 0 saturated heterocycles. The van der Waals surface area contributed by atoms with E-state index in [4.69, 9.17) is 38.2 Å². The van der Waals surface area contributed by atoms with Gasteiger partial charge in [0.15, 0.2) is 0 Å². The van der Waals surface area contributed by atoms with Gasteiger partial charge in [0.2, 0.25) is 5.91 Å². The molecule has 110 valence electrons. The van der Waals surface area contributed by atoms with Gasteiger partial charge in [0.1, 0.15) is 11.8 Å². The minimum Gasteiger partial charge on any atom is -0.493 e. The van der Waals surface area contributed by atoms with E-state index in [2.05, 4.69) is 5.32 Å². The van der Waals surface area contributed by atoms with Crippen LogP contribution in [0.4, 0.5) is 0 Å². The van der Waals surface area contributed by atoms with Gasteiger partial charge in [-0.05, 0) is 12.1 Å². The second-order valence-electron chi connectivity index (χ2n) is 3.82. The zero-order chi connectivity index (χ0) is 15.1. The van der Waals surface area contributed by atoms with E-state index in [1.807, 2.05) is 0 Å². The fraction of sp³-hybridized carbons (Fsp3) is 0.333. The van der Waals surface area contributed by atoms with Gasteiger partial charge in [-0.15, -0.1) is 0 Å². The van der Waals surface area contributed by atoms with Crippen LogP contribution in [-0.4, -0.2) is 41.3 Å². The summed E-state index contributed by atoms with van der Waals surface area (Å²) in [6.45, 7) is -0.629. The third-order valence-electron chi connectivity index (χ3n) is 2.30. The summed E-state index contributed by atoms with van der Waals surface area (Å²) in [6.07, 6.45) is -0.0516. The van der Waals surface area contributed by atoms with Gasteiger partial charge in [-0.3, -0.25) is 4.79 Å². The standard InChI is InChI=1S/C12H13Cl2NO5/c13-8-2-1-7(5-9(8)14)20-4-3-11(17)15-10(6-16)12(18)19/h1-2,5,10,16H,3-4,6H2,(H,15,17)(H,18,19)/t10-/m0/s1.